The first-order chi connectivity index (χ1) is 16.2. The average molecular weight is 445 g/mol. The summed E-state index contributed by atoms with van der Waals surface area (Å²) < 4.78 is 16.7. The van der Waals surface area contributed by atoms with Crippen LogP contribution in [-0.4, -0.2) is 48.2 Å². The van der Waals surface area contributed by atoms with Crippen LogP contribution < -0.4 is 20.1 Å². The summed E-state index contributed by atoms with van der Waals surface area (Å²) in [6.45, 7) is 0.941. The van der Waals surface area contributed by atoms with Crippen molar-refractivity contribution in [3.8, 4) is 17.2 Å². The topological polar surface area (TPSA) is 107 Å². The molecule has 9 nitrogen and oxygen atoms in total. The third kappa shape index (κ3) is 5.52. The molecule has 4 aromatic rings. The molecule has 0 saturated heterocycles. The van der Waals surface area contributed by atoms with Crippen molar-refractivity contribution in [2.24, 2.45) is 0 Å². The first-order valence-electron chi connectivity index (χ1n) is 10.3. The number of carbonyl (C=O) groups excluding carboxylic acids is 1. The van der Waals surface area contributed by atoms with E-state index in [1.165, 1.54) is 6.20 Å². The predicted octanol–water partition coefficient (Wildman–Crippen LogP) is 3.95. The first-order valence-corrected chi connectivity index (χ1v) is 10.3. The minimum atomic E-state index is -0.280. The number of pyridine rings is 1. The number of hydrogen-bond acceptors (Lipinski definition) is 8. The second kappa shape index (κ2) is 10.4. The summed E-state index contributed by atoms with van der Waals surface area (Å²) in [7, 11) is 3.18. The fraction of sp³-hybridized carbons (Fsp3) is 0.167. The number of hydrogen-bond donors (Lipinski definition) is 2. The van der Waals surface area contributed by atoms with Gasteiger partial charge in [0.2, 0.25) is 5.95 Å². The number of anilines is 2. The van der Waals surface area contributed by atoms with Crippen molar-refractivity contribution in [1.82, 2.24) is 20.3 Å². The number of nitrogens with zero attached hydrogens (tertiary/aromatic N) is 3. The molecule has 0 unspecified atom stereocenters. The average Bonchev–Trinajstić information content (AvgIpc) is 2.85. The smallest absolute Gasteiger partial charge is 0.269 e. The molecule has 0 aliphatic carbocycles. The van der Waals surface area contributed by atoms with Gasteiger partial charge in [0.05, 0.1) is 17.8 Å². The molecule has 2 heterocycles. The summed E-state index contributed by atoms with van der Waals surface area (Å²) in [4.78, 5) is 24.8. The lowest BCUT2D eigenvalue weighted by Gasteiger charge is -2.12. The molecule has 9 heteroatoms. The van der Waals surface area contributed by atoms with Crippen LogP contribution in [0.4, 0.5) is 11.6 Å². The Bertz CT molecular complexity index is 1260. The Kier molecular flexibility index (Phi) is 6.91. The molecule has 0 bridgehead atoms. The highest BCUT2D eigenvalue weighted by Crippen LogP contribution is 2.28. The Labute approximate surface area is 190 Å². The van der Waals surface area contributed by atoms with Gasteiger partial charge in [0.15, 0.2) is 0 Å². The van der Waals surface area contributed by atoms with Crippen LogP contribution in [-0.2, 0) is 4.74 Å². The number of methoxy groups -OCH3 is 1. The van der Waals surface area contributed by atoms with Gasteiger partial charge in [0.25, 0.3) is 5.91 Å². The molecule has 2 aromatic heterocycles. The van der Waals surface area contributed by atoms with Crippen LogP contribution in [0.2, 0.25) is 0 Å². The number of fused-ring (bicyclic) bond motifs is 1. The van der Waals surface area contributed by atoms with E-state index < -0.39 is 0 Å². The molecule has 2 aromatic carbocycles. The van der Waals surface area contributed by atoms with Gasteiger partial charge < -0.3 is 24.8 Å². The summed E-state index contributed by atoms with van der Waals surface area (Å²) in [6.07, 6.45) is 3.24. The van der Waals surface area contributed by atoms with Crippen molar-refractivity contribution in [3.05, 3.63) is 72.7 Å². The monoisotopic (exact) mass is 445 g/mol. The normalized spacial score (nSPS) is 10.6. The van der Waals surface area contributed by atoms with Crippen molar-refractivity contribution in [1.29, 1.82) is 0 Å². The van der Waals surface area contributed by atoms with E-state index in [9.17, 15) is 4.79 Å². The van der Waals surface area contributed by atoms with Gasteiger partial charge >= 0.3 is 0 Å². The maximum absolute atomic E-state index is 11.8. The first kappa shape index (κ1) is 22.0. The fourth-order valence-corrected chi connectivity index (χ4v) is 3.05. The van der Waals surface area contributed by atoms with Gasteiger partial charge in [-0.3, -0.25) is 9.78 Å². The number of amides is 1. The molecule has 2 N–H and O–H groups in total. The molecule has 0 spiro atoms. The summed E-state index contributed by atoms with van der Waals surface area (Å²) in [6, 6.07) is 16.3. The van der Waals surface area contributed by atoms with Crippen LogP contribution in [0.25, 0.3) is 10.9 Å². The predicted molar refractivity (Wildman–Crippen MR) is 124 cm³/mol. The molecule has 4 rings (SSSR count). The Morgan fingerprint density at radius 2 is 1.85 bits per heavy atom. The quantitative estimate of drug-likeness (QED) is 0.373. The molecular weight excluding hydrogens is 422 g/mol. The van der Waals surface area contributed by atoms with Crippen molar-refractivity contribution in [3.63, 3.8) is 0 Å². The van der Waals surface area contributed by atoms with E-state index in [1.54, 1.807) is 38.6 Å². The maximum atomic E-state index is 11.8. The summed E-state index contributed by atoms with van der Waals surface area (Å²) in [5.41, 5.74) is 1.79. The third-order valence-corrected chi connectivity index (χ3v) is 4.66. The zero-order valence-electron chi connectivity index (χ0n) is 18.2. The van der Waals surface area contributed by atoms with Gasteiger partial charge in [-0.25, -0.2) is 9.97 Å². The van der Waals surface area contributed by atoms with Gasteiger partial charge in [-0.2, -0.15) is 0 Å². The van der Waals surface area contributed by atoms with Crippen LogP contribution in [0.5, 0.6) is 17.2 Å². The molecular formula is C24H23N5O4. The van der Waals surface area contributed by atoms with Crippen molar-refractivity contribution in [2.75, 3.05) is 32.7 Å². The van der Waals surface area contributed by atoms with Crippen LogP contribution in [0.3, 0.4) is 0 Å². The van der Waals surface area contributed by atoms with E-state index in [0.29, 0.717) is 36.4 Å². The molecule has 0 radical (unpaired) electrons. The summed E-state index contributed by atoms with van der Waals surface area (Å²) in [5, 5.41) is 6.56. The lowest BCUT2D eigenvalue weighted by molar-refractivity contribution is 0.0958. The number of aromatic nitrogens is 3. The molecule has 0 saturated carbocycles. The number of nitrogens with one attached hydrogen (secondary N) is 2. The Morgan fingerprint density at radius 1 is 1.00 bits per heavy atom. The van der Waals surface area contributed by atoms with E-state index in [4.69, 9.17) is 14.2 Å². The van der Waals surface area contributed by atoms with Crippen molar-refractivity contribution in [2.45, 2.75) is 0 Å². The van der Waals surface area contributed by atoms with E-state index in [-0.39, 0.29) is 11.6 Å². The number of para-hydroxylation sites is 2. The summed E-state index contributed by atoms with van der Waals surface area (Å²) >= 11 is 0. The summed E-state index contributed by atoms with van der Waals surface area (Å²) in [5.74, 6) is 1.96. The van der Waals surface area contributed by atoms with E-state index in [0.717, 1.165) is 16.6 Å². The molecule has 0 aliphatic rings. The number of benzene rings is 2. The second-order valence-electron chi connectivity index (χ2n) is 6.93. The molecule has 0 fully saturated rings. The third-order valence-electron chi connectivity index (χ3n) is 4.66. The standard InChI is InChI=1S/C24H23N5O4/c1-25-23(30)21-14-18(9-10-26-21)33-17-7-8-19-16(13-17)15-27-24(28-19)29-20-5-3-4-6-22(20)32-12-11-31-2/h3-10,13-15H,11-12H2,1-2H3,(H,25,30)(H,27,28,29). The number of ether oxygens (including phenoxy) is 3. The Hall–Kier alpha value is -4.24. The highest BCUT2D eigenvalue weighted by molar-refractivity contribution is 5.92. The Morgan fingerprint density at radius 3 is 2.70 bits per heavy atom. The van der Waals surface area contributed by atoms with Gasteiger partial charge in [0, 0.05) is 38.0 Å². The van der Waals surface area contributed by atoms with Crippen LogP contribution >= 0.6 is 0 Å². The molecule has 33 heavy (non-hydrogen) atoms. The fourth-order valence-electron chi connectivity index (χ4n) is 3.05. The highest BCUT2D eigenvalue weighted by atomic mass is 16.5. The van der Waals surface area contributed by atoms with Crippen LogP contribution in [0.1, 0.15) is 10.5 Å². The molecule has 168 valence electrons. The van der Waals surface area contributed by atoms with Crippen molar-refractivity contribution >= 4 is 28.4 Å². The lowest BCUT2D eigenvalue weighted by Crippen LogP contribution is -2.18. The number of carbonyl (C=O) groups is 1. The van der Waals surface area contributed by atoms with Gasteiger partial charge in [0.1, 0.15) is 29.5 Å². The highest BCUT2D eigenvalue weighted by Gasteiger charge is 2.09. The molecule has 0 aliphatic heterocycles. The lowest BCUT2D eigenvalue weighted by atomic mass is 10.2. The largest absolute Gasteiger partial charge is 0.489 e. The van der Waals surface area contributed by atoms with Gasteiger partial charge in [-0.05, 0) is 36.4 Å². The van der Waals surface area contributed by atoms with E-state index in [1.807, 2.05) is 36.4 Å². The zero-order chi connectivity index (χ0) is 23.0. The molecule has 1 amide bonds. The van der Waals surface area contributed by atoms with E-state index >= 15 is 0 Å². The Balaban J connectivity index is 1.50. The minimum Gasteiger partial charge on any atom is -0.489 e. The maximum Gasteiger partial charge on any atom is 0.269 e. The SMILES string of the molecule is CNC(=O)c1cc(Oc2ccc3nc(Nc4ccccc4OCCOC)ncc3c2)ccn1. The van der Waals surface area contributed by atoms with Crippen LogP contribution in [0.15, 0.2) is 67.0 Å². The minimum absolute atomic E-state index is 0.279. The van der Waals surface area contributed by atoms with Gasteiger partial charge in [-0.1, -0.05) is 12.1 Å². The van der Waals surface area contributed by atoms with Gasteiger partial charge in [-0.15, -0.1) is 0 Å². The molecule has 0 atom stereocenters. The van der Waals surface area contributed by atoms with Crippen LogP contribution in [0, 0.1) is 0 Å². The van der Waals surface area contributed by atoms with Crippen molar-refractivity contribution < 1.29 is 19.0 Å². The van der Waals surface area contributed by atoms with E-state index in [2.05, 4.69) is 25.6 Å². The zero-order valence-corrected chi connectivity index (χ0v) is 18.2. The number of rotatable bonds is 9. The second-order valence-corrected chi connectivity index (χ2v) is 6.93.